The Labute approximate surface area is 106 Å². The van der Waals surface area contributed by atoms with Crippen LogP contribution in [0.15, 0.2) is 24.3 Å². The number of hydrogen-bond acceptors (Lipinski definition) is 1. The summed E-state index contributed by atoms with van der Waals surface area (Å²) in [4.78, 5) is 0. The van der Waals surface area contributed by atoms with Gasteiger partial charge in [-0.1, -0.05) is 50.1 Å². The molecule has 17 heavy (non-hydrogen) atoms. The van der Waals surface area contributed by atoms with E-state index in [2.05, 4.69) is 50.4 Å². The van der Waals surface area contributed by atoms with Crippen molar-refractivity contribution in [3.05, 3.63) is 35.4 Å². The molecule has 0 aliphatic heterocycles. The predicted octanol–water partition coefficient (Wildman–Crippen LogP) is 3.88. The highest BCUT2D eigenvalue weighted by Crippen LogP contribution is 2.36. The van der Waals surface area contributed by atoms with Gasteiger partial charge in [-0.05, 0) is 43.7 Å². The minimum absolute atomic E-state index is 0.760. The average Bonchev–Trinajstić information content (AvgIpc) is 2.29. The maximum atomic E-state index is 3.68. The Hall–Kier alpha value is -0.820. The normalized spacial score (nSPS) is 25.4. The van der Waals surface area contributed by atoms with E-state index in [0.717, 1.165) is 17.9 Å². The summed E-state index contributed by atoms with van der Waals surface area (Å²) in [5.74, 6) is 1.61. The van der Waals surface area contributed by atoms with Crippen molar-refractivity contribution in [3.63, 3.8) is 0 Å². The van der Waals surface area contributed by atoms with Crippen LogP contribution in [0.3, 0.4) is 0 Å². The summed E-state index contributed by atoms with van der Waals surface area (Å²) < 4.78 is 0. The molecule has 0 spiro atoms. The van der Waals surface area contributed by atoms with Gasteiger partial charge in [0.2, 0.25) is 0 Å². The van der Waals surface area contributed by atoms with Gasteiger partial charge in [0.25, 0.3) is 0 Å². The molecule has 1 aromatic rings. The van der Waals surface area contributed by atoms with Crippen molar-refractivity contribution in [2.24, 2.45) is 5.92 Å². The van der Waals surface area contributed by atoms with Crippen LogP contribution in [0.2, 0.25) is 0 Å². The molecule has 1 atom stereocenters. The highest BCUT2D eigenvalue weighted by Gasteiger charge is 2.29. The number of hydrogen-bond donors (Lipinski definition) is 1. The quantitative estimate of drug-likeness (QED) is 0.811. The zero-order valence-corrected chi connectivity index (χ0v) is 11.4. The fourth-order valence-electron chi connectivity index (χ4n) is 2.41. The van der Waals surface area contributed by atoms with E-state index in [4.69, 9.17) is 0 Å². The van der Waals surface area contributed by atoms with Crippen LogP contribution in [0.4, 0.5) is 0 Å². The summed E-state index contributed by atoms with van der Waals surface area (Å²) in [6, 6.07) is 9.82. The van der Waals surface area contributed by atoms with Crippen molar-refractivity contribution in [2.45, 2.75) is 52.0 Å². The zero-order chi connectivity index (χ0) is 12.3. The van der Waals surface area contributed by atoms with Gasteiger partial charge in [0.15, 0.2) is 0 Å². The summed E-state index contributed by atoms with van der Waals surface area (Å²) >= 11 is 0. The third-order valence-corrected chi connectivity index (χ3v) is 4.14. The largest absolute Gasteiger partial charge is 0.314 e. The number of nitrogens with one attached hydrogen (secondary N) is 1. The maximum Gasteiger partial charge on any atom is 0.00788 e. The Morgan fingerprint density at radius 2 is 1.88 bits per heavy atom. The molecular weight excluding hydrogens is 206 g/mol. The van der Waals surface area contributed by atoms with Gasteiger partial charge in [-0.2, -0.15) is 0 Å². The van der Waals surface area contributed by atoms with Crippen LogP contribution in [-0.4, -0.2) is 12.6 Å². The van der Waals surface area contributed by atoms with Crippen LogP contribution < -0.4 is 5.32 Å². The summed E-state index contributed by atoms with van der Waals surface area (Å²) in [6.45, 7) is 7.92. The monoisotopic (exact) mass is 231 g/mol. The molecule has 1 aromatic carbocycles. The molecule has 1 saturated carbocycles. The van der Waals surface area contributed by atoms with Crippen molar-refractivity contribution < 1.29 is 0 Å². The molecule has 94 valence electrons. The fourth-order valence-corrected chi connectivity index (χ4v) is 2.41. The van der Waals surface area contributed by atoms with Gasteiger partial charge in [0.1, 0.15) is 0 Å². The molecule has 0 radical (unpaired) electrons. The summed E-state index contributed by atoms with van der Waals surface area (Å²) in [7, 11) is 0. The van der Waals surface area contributed by atoms with E-state index < -0.39 is 0 Å². The van der Waals surface area contributed by atoms with Crippen LogP contribution in [0, 0.1) is 12.8 Å². The van der Waals surface area contributed by atoms with Crippen molar-refractivity contribution in [1.82, 2.24) is 5.32 Å². The number of rotatable bonds is 5. The van der Waals surface area contributed by atoms with Crippen LogP contribution >= 0.6 is 0 Å². The first kappa shape index (κ1) is 12.6. The highest BCUT2D eigenvalue weighted by atomic mass is 14.9. The second-order valence-corrected chi connectivity index (χ2v) is 5.70. The van der Waals surface area contributed by atoms with Gasteiger partial charge < -0.3 is 5.32 Å². The van der Waals surface area contributed by atoms with Crippen LogP contribution in [0.1, 0.15) is 50.2 Å². The van der Waals surface area contributed by atoms with Crippen LogP contribution in [-0.2, 0) is 0 Å². The summed E-state index contributed by atoms with van der Waals surface area (Å²) in [6.07, 6.45) is 3.92. The van der Waals surface area contributed by atoms with E-state index in [1.54, 1.807) is 0 Å². The number of aryl methyl sites for hydroxylation is 1. The molecule has 2 rings (SSSR count). The minimum Gasteiger partial charge on any atom is -0.314 e. The molecule has 0 amide bonds. The lowest BCUT2D eigenvalue weighted by molar-refractivity contribution is 0.277. The van der Waals surface area contributed by atoms with Crippen molar-refractivity contribution in [3.8, 4) is 0 Å². The molecule has 1 N–H and O–H groups in total. The smallest absolute Gasteiger partial charge is 0.00788 e. The SMILES string of the molecule is CCC(C)CNC1CC(c2ccc(C)cc2)C1. The third-order valence-electron chi connectivity index (χ3n) is 4.14. The second kappa shape index (κ2) is 5.68. The van der Waals surface area contributed by atoms with Gasteiger partial charge in [-0.3, -0.25) is 0 Å². The van der Waals surface area contributed by atoms with E-state index in [1.165, 1.54) is 36.9 Å². The molecule has 1 fully saturated rings. The lowest BCUT2D eigenvalue weighted by Gasteiger charge is -2.37. The minimum atomic E-state index is 0.760. The molecule has 1 aliphatic rings. The van der Waals surface area contributed by atoms with Gasteiger partial charge >= 0.3 is 0 Å². The maximum absolute atomic E-state index is 3.68. The highest BCUT2D eigenvalue weighted by molar-refractivity contribution is 5.26. The Bertz CT molecular complexity index is 335. The van der Waals surface area contributed by atoms with Gasteiger partial charge in [0, 0.05) is 6.04 Å². The lowest BCUT2D eigenvalue weighted by atomic mass is 9.75. The van der Waals surface area contributed by atoms with Crippen molar-refractivity contribution in [2.75, 3.05) is 6.54 Å². The Morgan fingerprint density at radius 3 is 2.47 bits per heavy atom. The number of benzene rings is 1. The molecule has 0 bridgehead atoms. The second-order valence-electron chi connectivity index (χ2n) is 5.70. The van der Waals surface area contributed by atoms with Crippen molar-refractivity contribution >= 4 is 0 Å². The molecule has 1 heteroatoms. The Balaban J connectivity index is 1.73. The molecule has 0 saturated heterocycles. The molecular formula is C16H25N. The molecule has 0 heterocycles. The molecule has 1 nitrogen and oxygen atoms in total. The van der Waals surface area contributed by atoms with Crippen LogP contribution in [0.5, 0.6) is 0 Å². The summed E-state index contributed by atoms with van der Waals surface area (Å²) in [5, 5.41) is 3.68. The first-order chi connectivity index (χ1) is 8.19. The Kier molecular flexibility index (Phi) is 4.22. The third kappa shape index (κ3) is 3.32. The van der Waals surface area contributed by atoms with E-state index in [1.807, 2.05) is 0 Å². The van der Waals surface area contributed by atoms with Gasteiger partial charge in [-0.15, -0.1) is 0 Å². The molecule has 1 unspecified atom stereocenters. The van der Waals surface area contributed by atoms with E-state index >= 15 is 0 Å². The molecule has 0 aromatic heterocycles. The van der Waals surface area contributed by atoms with Crippen molar-refractivity contribution in [1.29, 1.82) is 0 Å². The topological polar surface area (TPSA) is 12.0 Å². The standard InChI is InChI=1S/C16H25N/c1-4-12(2)11-17-16-9-15(10-16)14-7-5-13(3)6-8-14/h5-8,12,15-17H,4,9-11H2,1-3H3. The van der Waals surface area contributed by atoms with Gasteiger partial charge in [-0.25, -0.2) is 0 Å². The Morgan fingerprint density at radius 1 is 1.24 bits per heavy atom. The first-order valence-corrected chi connectivity index (χ1v) is 6.99. The van der Waals surface area contributed by atoms with Crippen LogP contribution in [0.25, 0.3) is 0 Å². The zero-order valence-electron chi connectivity index (χ0n) is 11.4. The van der Waals surface area contributed by atoms with E-state index in [0.29, 0.717) is 0 Å². The fraction of sp³-hybridized carbons (Fsp3) is 0.625. The predicted molar refractivity (Wildman–Crippen MR) is 74.4 cm³/mol. The lowest BCUT2D eigenvalue weighted by Crippen LogP contribution is -2.41. The molecule has 1 aliphatic carbocycles. The van der Waals surface area contributed by atoms with E-state index in [-0.39, 0.29) is 0 Å². The van der Waals surface area contributed by atoms with E-state index in [9.17, 15) is 0 Å². The summed E-state index contributed by atoms with van der Waals surface area (Å²) in [5.41, 5.74) is 2.89. The first-order valence-electron chi connectivity index (χ1n) is 6.99. The average molecular weight is 231 g/mol. The van der Waals surface area contributed by atoms with Gasteiger partial charge in [0.05, 0.1) is 0 Å².